The van der Waals surface area contributed by atoms with E-state index < -0.39 is 11.2 Å². The van der Waals surface area contributed by atoms with E-state index in [4.69, 9.17) is 17.0 Å². The van der Waals surface area contributed by atoms with Crippen LogP contribution in [0, 0.1) is 17.9 Å². The average Bonchev–Trinajstić information content (AvgIpc) is 2.71. The lowest BCUT2D eigenvalue weighted by atomic mass is 10.1. The molecule has 1 amide bonds. The molecule has 1 atom stereocenters. The summed E-state index contributed by atoms with van der Waals surface area (Å²) in [6, 6.07) is 11.2. The predicted molar refractivity (Wildman–Crippen MR) is 113 cm³/mol. The first-order valence-electron chi connectivity index (χ1n) is 9.05. The summed E-state index contributed by atoms with van der Waals surface area (Å²) in [5.41, 5.74) is 7.44. The van der Waals surface area contributed by atoms with Gasteiger partial charge in [0.2, 0.25) is 11.8 Å². The standard InChI is InChI=1S/C21H23N5O2S/c1-5-15-16(13-22)21(25-20(17(15)24-2)28-12-11-26(3)4)29-18(19(23)27)14-9-7-6-8-10-14/h6-10,18H,5,11-12H2,1,3-4H3,(H2,23,27). The maximum Gasteiger partial charge on any atom is 0.251 e. The van der Waals surface area contributed by atoms with Crippen LogP contribution < -0.4 is 10.5 Å². The molecule has 8 heteroatoms. The highest BCUT2D eigenvalue weighted by Gasteiger charge is 2.26. The Morgan fingerprint density at radius 2 is 2.10 bits per heavy atom. The van der Waals surface area contributed by atoms with Gasteiger partial charge in [0.1, 0.15) is 23.0 Å². The van der Waals surface area contributed by atoms with Crippen LogP contribution in [0.15, 0.2) is 35.4 Å². The first-order valence-corrected chi connectivity index (χ1v) is 9.93. The van der Waals surface area contributed by atoms with Crippen LogP contribution in [-0.4, -0.2) is 43.0 Å². The van der Waals surface area contributed by atoms with Crippen LogP contribution in [0.2, 0.25) is 0 Å². The molecule has 0 saturated carbocycles. The minimum atomic E-state index is -0.714. The summed E-state index contributed by atoms with van der Waals surface area (Å²) in [5, 5.41) is 9.37. The van der Waals surface area contributed by atoms with Gasteiger partial charge in [0.05, 0.1) is 12.1 Å². The smallest absolute Gasteiger partial charge is 0.251 e. The molecule has 0 radical (unpaired) electrons. The number of pyridine rings is 1. The van der Waals surface area contributed by atoms with Crippen LogP contribution in [0.5, 0.6) is 5.88 Å². The van der Waals surface area contributed by atoms with Gasteiger partial charge in [0, 0.05) is 6.54 Å². The second-order valence-electron chi connectivity index (χ2n) is 6.46. The van der Waals surface area contributed by atoms with Crippen molar-refractivity contribution in [3.05, 3.63) is 58.4 Å². The molecule has 7 nitrogen and oxygen atoms in total. The van der Waals surface area contributed by atoms with Crippen molar-refractivity contribution in [3.8, 4) is 11.9 Å². The molecule has 2 aromatic rings. The van der Waals surface area contributed by atoms with Gasteiger partial charge >= 0.3 is 0 Å². The number of carbonyl (C=O) groups is 1. The highest BCUT2D eigenvalue weighted by molar-refractivity contribution is 8.00. The monoisotopic (exact) mass is 409 g/mol. The van der Waals surface area contributed by atoms with Gasteiger partial charge in [0.25, 0.3) is 5.69 Å². The van der Waals surface area contributed by atoms with Crippen molar-refractivity contribution >= 4 is 23.4 Å². The number of rotatable bonds is 9. The lowest BCUT2D eigenvalue weighted by Crippen LogP contribution is -2.20. The molecule has 150 valence electrons. The molecule has 2 rings (SSSR count). The molecule has 0 bridgehead atoms. The third-order valence-corrected chi connectivity index (χ3v) is 5.41. The number of aromatic nitrogens is 1. The molecular weight excluding hydrogens is 386 g/mol. The van der Waals surface area contributed by atoms with Gasteiger partial charge in [-0.1, -0.05) is 49.0 Å². The molecular formula is C21H23N5O2S. The lowest BCUT2D eigenvalue weighted by Gasteiger charge is -2.18. The number of nitrogens with zero attached hydrogens (tertiary/aromatic N) is 4. The first kappa shape index (κ1) is 22.2. The Morgan fingerprint density at radius 3 is 2.62 bits per heavy atom. The van der Waals surface area contributed by atoms with E-state index in [0.29, 0.717) is 30.2 Å². The molecule has 1 heterocycles. The number of benzene rings is 1. The normalized spacial score (nSPS) is 11.5. The minimum Gasteiger partial charge on any atom is -0.485 e. The van der Waals surface area contributed by atoms with Crippen molar-refractivity contribution in [2.45, 2.75) is 23.6 Å². The number of amides is 1. The van der Waals surface area contributed by atoms with Crippen molar-refractivity contribution in [1.82, 2.24) is 9.88 Å². The van der Waals surface area contributed by atoms with E-state index in [2.05, 4.69) is 15.9 Å². The van der Waals surface area contributed by atoms with E-state index in [1.54, 1.807) is 12.1 Å². The second-order valence-corrected chi connectivity index (χ2v) is 7.56. The Labute approximate surface area is 175 Å². The fourth-order valence-electron chi connectivity index (χ4n) is 2.69. The summed E-state index contributed by atoms with van der Waals surface area (Å²) in [5.74, 6) is -0.356. The number of thioether (sulfide) groups is 1. The molecule has 1 aromatic heterocycles. The van der Waals surface area contributed by atoms with Crippen molar-refractivity contribution in [3.63, 3.8) is 0 Å². The number of nitrogens with two attached hydrogens (primary N) is 1. The zero-order valence-corrected chi connectivity index (χ0v) is 17.5. The summed E-state index contributed by atoms with van der Waals surface area (Å²) in [7, 11) is 3.84. The number of primary amides is 1. The molecule has 1 unspecified atom stereocenters. The molecule has 0 fully saturated rings. The maximum atomic E-state index is 12.1. The highest BCUT2D eigenvalue weighted by atomic mass is 32.2. The van der Waals surface area contributed by atoms with Crippen molar-refractivity contribution in [2.75, 3.05) is 27.2 Å². The zero-order valence-electron chi connectivity index (χ0n) is 16.7. The summed E-state index contributed by atoms with van der Waals surface area (Å²) in [6.07, 6.45) is 0.466. The van der Waals surface area contributed by atoms with Crippen LogP contribution in [0.25, 0.3) is 4.85 Å². The molecule has 0 aliphatic carbocycles. The molecule has 0 aliphatic heterocycles. The summed E-state index contributed by atoms with van der Waals surface area (Å²) < 4.78 is 5.76. The number of nitriles is 1. The number of likely N-dealkylation sites (N-methyl/N-ethyl adjacent to an activating group) is 1. The number of carbonyl (C=O) groups excluding carboxylic acids is 1. The van der Waals surface area contributed by atoms with Crippen molar-refractivity contribution in [2.24, 2.45) is 5.73 Å². The Balaban J connectivity index is 2.53. The van der Waals surface area contributed by atoms with Crippen LogP contribution in [-0.2, 0) is 11.2 Å². The Kier molecular flexibility index (Phi) is 8.02. The zero-order chi connectivity index (χ0) is 21.4. The van der Waals surface area contributed by atoms with Gasteiger partial charge < -0.3 is 15.4 Å². The van der Waals surface area contributed by atoms with Crippen LogP contribution >= 0.6 is 11.8 Å². The summed E-state index contributed by atoms with van der Waals surface area (Å²) >= 11 is 1.10. The van der Waals surface area contributed by atoms with Crippen LogP contribution in [0.1, 0.15) is 28.9 Å². The molecule has 29 heavy (non-hydrogen) atoms. The quantitative estimate of drug-likeness (QED) is 0.504. The van der Waals surface area contributed by atoms with E-state index in [-0.39, 0.29) is 17.1 Å². The van der Waals surface area contributed by atoms with E-state index in [0.717, 1.165) is 17.3 Å². The van der Waals surface area contributed by atoms with E-state index >= 15 is 0 Å². The molecule has 0 spiro atoms. The highest BCUT2D eigenvalue weighted by Crippen LogP contribution is 2.42. The van der Waals surface area contributed by atoms with E-state index in [9.17, 15) is 10.1 Å². The Morgan fingerprint density at radius 1 is 1.41 bits per heavy atom. The van der Waals surface area contributed by atoms with Gasteiger partial charge in [-0.15, -0.1) is 0 Å². The van der Waals surface area contributed by atoms with Crippen LogP contribution in [0.4, 0.5) is 5.69 Å². The Hall–Kier alpha value is -3.07. The average molecular weight is 410 g/mol. The number of hydrogen-bond acceptors (Lipinski definition) is 6. The molecule has 2 N–H and O–H groups in total. The lowest BCUT2D eigenvalue weighted by molar-refractivity contribution is -0.117. The Bertz CT molecular complexity index is 948. The fraction of sp³-hybridized carbons (Fsp3) is 0.333. The van der Waals surface area contributed by atoms with Gasteiger partial charge in [-0.2, -0.15) is 5.26 Å². The van der Waals surface area contributed by atoms with Gasteiger partial charge in [-0.25, -0.2) is 9.83 Å². The second kappa shape index (κ2) is 10.5. The van der Waals surface area contributed by atoms with Gasteiger partial charge in [-0.05, 0) is 31.6 Å². The van der Waals surface area contributed by atoms with Gasteiger partial charge in [-0.3, -0.25) is 4.79 Å². The predicted octanol–water partition coefficient (Wildman–Crippen LogP) is 3.33. The topological polar surface area (TPSA) is 96.6 Å². The van der Waals surface area contributed by atoms with Crippen molar-refractivity contribution in [1.29, 1.82) is 5.26 Å². The first-order chi connectivity index (χ1) is 13.9. The van der Waals surface area contributed by atoms with E-state index in [1.807, 2.05) is 44.1 Å². The van der Waals surface area contributed by atoms with Crippen LogP contribution in [0.3, 0.4) is 0 Å². The number of hydrogen-bond donors (Lipinski definition) is 1. The third-order valence-electron chi connectivity index (χ3n) is 4.15. The maximum absolute atomic E-state index is 12.1. The number of ether oxygens (including phenoxy) is 1. The molecule has 0 aliphatic rings. The fourth-order valence-corrected chi connectivity index (χ4v) is 3.75. The SMILES string of the molecule is [C-]#[N+]c1c(OCCN(C)C)nc(SC(C(N)=O)c2ccccc2)c(C#N)c1CC. The minimum absolute atomic E-state index is 0.177. The van der Waals surface area contributed by atoms with E-state index in [1.165, 1.54) is 0 Å². The largest absolute Gasteiger partial charge is 0.485 e. The van der Waals surface area contributed by atoms with Gasteiger partial charge in [0.15, 0.2) is 0 Å². The van der Waals surface area contributed by atoms with Crippen molar-refractivity contribution < 1.29 is 9.53 Å². The summed E-state index contributed by atoms with van der Waals surface area (Å²) in [4.78, 5) is 22.1. The molecule has 0 saturated heterocycles. The molecule has 1 aromatic carbocycles. The summed E-state index contributed by atoms with van der Waals surface area (Å²) in [6.45, 7) is 10.4. The third kappa shape index (κ3) is 5.47.